The Morgan fingerprint density at radius 1 is 0.900 bits per heavy atom. The largest absolute Gasteiger partial charge is 0.277 e. The molecule has 0 saturated carbocycles. The lowest BCUT2D eigenvalue weighted by molar-refractivity contribution is -0.140. The van der Waals surface area contributed by atoms with Crippen LogP contribution >= 0.6 is 11.6 Å². The molecule has 1 aliphatic carbocycles. The van der Waals surface area contributed by atoms with E-state index in [0.717, 1.165) is 22.5 Å². The van der Waals surface area contributed by atoms with E-state index in [-0.39, 0.29) is 30.2 Å². The summed E-state index contributed by atoms with van der Waals surface area (Å²) in [6.45, 7) is 0.218. The second-order valence-electron chi connectivity index (χ2n) is 7.71. The van der Waals surface area contributed by atoms with E-state index in [1.807, 2.05) is 72.9 Å². The summed E-state index contributed by atoms with van der Waals surface area (Å²) in [5.74, 6) is -0.621. The maximum Gasteiger partial charge on any atom is 0.233 e. The van der Waals surface area contributed by atoms with Crippen molar-refractivity contribution in [2.24, 2.45) is 11.8 Å². The molecule has 150 valence electrons. The highest BCUT2D eigenvalue weighted by atomic mass is 35.5. The van der Waals surface area contributed by atoms with Crippen molar-refractivity contribution in [1.82, 2.24) is 14.7 Å². The van der Waals surface area contributed by atoms with Crippen molar-refractivity contribution in [3.05, 3.63) is 83.5 Å². The average Bonchev–Trinajstić information content (AvgIpc) is 3.31. The third-order valence-corrected chi connectivity index (χ3v) is 6.11. The molecule has 0 bridgehead atoms. The molecule has 2 unspecified atom stereocenters. The number of rotatable bonds is 4. The molecule has 0 spiro atoms. The molecule has 1 saturated heterocycles. The van der Waals surface area contributed by atoms with Crippen LogP contribution < -0.4 is 0 Å². The maximum atomic E-state index is 13.0. The lowest BCUT2D eigenvalue weighted by Gasteiger charge is -2.14. The molecule has 2 atom stereocenters. The minimum absolute atomic E-state index is 0.0798. The summed E-state index contributed by atoms with van der Waals surface area (Å²) in [4.78, 5) is 27.3. The van der Waals surface area contributed by atoms with Crippen LogP contribution in [0.1, 0.15) is 18.4 Å². The third kappa shape index (κ3) is 3.25. The molecule has 5 rings (SSSR count). The van der Waals surface area contributed by atoms with Gasteiger partial charge in [-0.3, -0.25) is 14.5 Å². The molecular formula is C24H20ClN3O2. The second-order valence-corrected chi connectivity index (χ2v) is 8.14. The quantitative estimate of drug-likeness (QED) is 0.459. The van der Waals surface area contributed by atoms with Crippen LogP contribution in [0, 0.1) is 11.8 Å². The number of halogens is 1. The Hall–Kier alpha value is -3.18. The van der Waals surface area contributed by atoms with Gasteiger partial charge in [0, 0.05) is 22.3 Å². The first-order valence-corrected chi connectivity index (χ1v) is 10.4. The van der Waals surface area contributed by atoms with Crippen LogP contribution in [0.5, 0.6) is 0 Å². The van der Waals surface area contributed by atoms with Crippen molar-refractivity contribution in [2.75, 3.05) is 0 Å². The number of benzene rings is 2. The Balaban J connectivity index is 1.53. The van der Waals surface area contributed by atoms with Crippen LogP contribution in [0.2, 0.25) is 5.02 Å². The van der Waals surface area contributed by atoms with Gasteiger partial charge in [0.2, 0.25) is 11.8 Å². The Morgan fingerprint density at radius 3 is 2.17 bits per heavy atom. The van der Waals surface area contributed by atoms with Crippen molar-refractivity contribution in [2.45, 2.75) is 19.4 Å². The number of likely N-dealkylation sites (tertiary alicyclic amines) is 1. The van der Waals surface area contributed by atoms with E-state index < -0.39 is 0 Å². The first kappa shape index (κ1) is 18.8. The van der Waals surface area contributed by atoms with Gasteiger partial charge in [0.25, 0.3) is 0 Å². The molecule has 0 radical (unpaired) electrons. The van der Waals surface area contributed by atoms with Gasteiger partial charge in [-0.25, -0.2) is 4.68 Å². The van der Waals surface area contributed by atoms with E-state index in [1.165, 1.54) is 4.90 Å². The number of carbonyl (C=O) groups is 2. The number of hydrogen-bond donors (Lipinski definition) is 0. The predicted octanol–water partition coefficient (Wildman–Crippen LogP) is 4.64. The van der Waals surface area contributed by atoms with Gasteiger partial charge in [0.05, 0.1) is 29.8 Å². The fraction of sp³-hybridized carbons (Fsp3) is 0.208. The third-order valence-electron chi connectivity index (χ3n) is 5.86. The van der Waals surface area contributed by atoms with Crippen LogP contribution in [0.4, 0.5) is 0 Å². The Labute approximate surface area is 179 Å². The average molecular weight is 418 g/mol. The zero-order valence-electron chi connectivity index (χ0n) is 16.2. The van der Waals surface area contributed by atoms with Crippen LogP contribution in [-0.4, -0.2) is 26.5 Å². The number of carbonyl (C=O) groups excluding carboxylic acids is 2. The number of imide groups is 1. The summed E-state index contributed by atoms with van der Waals surface area (Å²) in [5, 5.41) is 5.42. The number of allylic oxidation sites excluding steroid dienone is 2. The van der Waals surface area contributed by atoms with Gasteiger partial charge >= 0.3 is 0 Å². The van der Waals surface area contributed by atoms with Crippen LogP contribution in [-0.2, 0) is 16.1 Å². The molecule has 3 aromatic rings. The van der Waals surface area contributed by atoms with Gasteiger partial charge in [-0.15, -0.1) is 0 Å². The SMILES string of the molecule is O=C1C2CC=CCC2C(=O)N1Cc1cn(-c2ccccc2)nc1-c1ccc(Cl)cc1. The van der Waals surface area contributed by atoms with Gasteiger partial charge < -0.3 is 0 Å². The van der Waals surface area contributed by atoms with E-state index in [4.69, 9.17) is 16.7 Å². The monoisotopic (exact) mass is 417 g/mol. The van der Waals surface area contributed by atoms with Crippen molar-refractivity contribution in [3.8, 4) is 16.9 Å². The number of aromatic nitrogens is 2. The molecule has 1 aromatic heterocycles. The molecule has 0 N–H and O–H groups in total. The van der Waals surface area contributed by atoms with Crippen molar-refractivity contribution in [1.29, 1.82) is 0 Å². The summed E-state index contributed by atoms with van der Waals surface area (Å²) in [6, 6.07) is 17.2. The maximum absolute atomic E-state index is 13.0. The highest BCUT2D eigenvalue weighted by Crippen LogP contribution is 2.37. The standard InChI is InChI=1S/C24H20ClN3O2/c25-18-12-10-16(11-13-18)22-17(15-28(26-22)19-6-2-1-3-7-19)14-27-23(29)20-8-4-5-9-21(20)24(27)30/h1-7,10-13,15,20-21H,8-9,14H2. The molecule has 2 aliphatic rings. The zero-order chi connectivity index (χ0) is 20.7. The van der Waals surface area contributed by atoms with E-state index >= 15 is 0 Å². The topological polar surface area (TPSA) is 55.2 Å². The van der Waals surface area contributed by atoms with Gasteiger partial charge in [0.1, 0.15) is 0 Å². The normalized spacial score (nSPS) is 20.6. The molecule has 5 nitrogen and oxygen atoms in total. The number of amides is 2. The zero-order valence-corrected chi connectivity index (χ0v) is 17.0. The molecule has 2 heterocycles. The van der Waals surface area contributed by atoms with Crippen LogP contribution in [0.15, 0.2) is 72.9 Å². The lowest BCUT2D eigenvalue weighted by Crippen LogP contribution is -2.30. The number of hydrogen-bond acceptors (Lipinski definition) is 3. The first-order chi connectivity index (χ1) is 14.6. The summed E-state index contributed by atoms with van der Waals surface area (Å²) in [7, 11) is 0. The fourth-order valence-corrected chi connectivity index (χ4v) is 4.41. The summed E-state index contributed by atoms with van der Waals surface area (Å²) in [6.07, 6.45) is 7.18. The number of nitrogens with zero attached hydrogens (tertiary/aromatic N) is 3. The predicted molar refractivity (Wildman–Crippen MR) is 115 cm³/mol. The Kier molecular flexibility index (Phi) is 4.75. The van der Waals surface area contributed by atoms with Crippen molar-refractivity contribution >= 4 is 23.4 Å². The number of para-hydroxylation sites is 1. The van der Waals surface area contributed by atoms with Gasteiger partial charge in [-0.05, 0) is 37.1 Å². The minimum atomic E-state index is -0.231. The molecule has 30 heavy (non-hydrogen) atoms. The van der Waals surface area contributed by atoms with Gasteiger partial charge in [0.15, 0.2) is 0 Å². The summed E-state index contributed by atoms with van der Waals surface area (Å²) < 4.78 is 1.79. The smallest absolute Gasteiger partial charge is 0.233 e. The summed E-state index contributed by atoms with van der Waals surface area (Å²) in [5.41, 5.74) is 3.37. The van der Waals surface area contributed by atoms with E-state index in [9.17, 15) is 9.59 Å². The van der Waals surface area contributed by atoms with Crippen molar-refractivity contribution < 1.29 is 9.59 Å². The van der Waals surface area contributed by atoms with E-state index in [1.54, 1.807) is 4.68 Å². The lowest BCUT2D eigenvalue weighted by atomic mass is 9.85. The second kappa shape index (κ2) is 7.58. The van der Waals surface area contributed by atoms with Gasteiger partial charge in [-0.1, -0.05) is 54.1 Å². The molecule has 2 aromatic carbocycles. The number of fused-ring (bicyclic) bond motifs is 1. The summed E-state index contributed by atoms with van der Waals surface area (Å²) >= 11 is 6.06. The van der Waals surface area contributed by atoms with E-state index in [0.29, 0.717) is 17.9 Å². The Bertz CT molecular complexity index is 1110. The van der Waals surface area contributed by atoms with Crippen LogP contribution in [0.3, 0.4) is 0 Å². The highest BCUT2D eigenvalue weighted by Gasteiger charge is 2.47. The molecule has 2 amide bonds. The first-order valence-electron chi connectivity index (χ1n) is 10.0. The van der Waals surface area contributed by atoms with E-state index in [2.05, 4.69) is 0 Å². The highest BCUT2D eigenvalue weighted by molar-refractivity contribution is 6.30. The van der Waals surface area contributed by atoms with Crippen molar-refractivity contribution in [3.63, 3.8) is 0 Å². The van der Waals surface area contributed by atoms with Gasteiger partial charge in [-0.2, -0.15) is 5.10 Å². The molecule has 1 fully saturated rings. The minimum Gasteiger partial charge on any atom is -0.277 e. The molecular weight excluding hydrogens is 398 g/mol. The molecule has 6 heteroatoms. The Morgan fingerprint density at radius 2 is 1.53 bits per heavy atom. The fourth-order valence-electron chi connectivity index (χ4n) is 4.28. The molecule has 1 aliphatic heterocycles. The van der Waals surface area contributed by atoms with Crippen LogP contribution in [0.25, 0.3) is 16.9 Å².